The Balaban J connectivity index is 1.23. The molecule has 0 bridgehead atoms. The molecule has 0 radical (unpaired) electrons. The molecular weight excluding hydrogens is 360 g/mol. The zero-order valence-electron chi connectivity index (χ0n) is 17.3. The van der Waals surface area contributed by atoms with Crippen molar-refractivity contribution in [2.75, 3.05) is 19.6 Å². The first-order chi connectivity index (χ1) is 14.3. The molecule has 1 amide bonds. The lowest BCUT2D eigenvalue weighted by Gasteiger charge is -2.27. The Hall–Kier alpha value is -2.14. The third-order valence-electron chi connectivity index (χ3n) is 7.16. The third-order valence-corrected chi connectivity index (χ3v) is 7.16. The van der Waals surface area contributed by atoms with Crippen LogP contribution in [0.5, 0.6) is 0 Å². The van der Waals surface area contributed by atoms with Gasteiger partial charge < -0.3 is 4.90 Å². The first-order valence-corrected chi connectivity index (χ1v) is 11.4. The Morgan fingerprint density at radius 2 is 1.93 bits per heavy atom. The molecule has 3 heterocycles. The molecule has 2 fully saturated rings. The number of nitrogens with one attached hydrogen (secondary N) is 1. The lowest BCUT2D eigenvalue weighted by atomic mass is 9.96. The van der Waals surface area contributed by atoms with Crippen molar-refractivity contribution in [3.63, 3.8) is 0 Å². The van der Waals surface area contributed by atoms with E-state index in [4.69, 9.17) is 5.10 Å². The summed E-state index contributed by atoms with van der Waals surface area (Å²) >= 11 is 0. The van der Waals surface area contributed by atoms with Crippen LogP contribution in [0.4, 0.5) is 0 Å². The summed E-state index contributed by atoms with van der Waals surface area (Å²) in [5.41, 5.74) is 5.28. The van der Waals surface area contributed by atoms with Gasteiger partial charge in [0.2, 0.25) is 5.91 Å². The van der Waals surface area contributed by atoms with Crippen molar-refractivity contribution in [3.05, 3.63) is 52.8 Å². The Bertz CT molecular complexity index is 840. The van der Waals surface area contributed by atoms with Gasteiger partial charge in [-0.2, -0.15) is 5.10 Å². The Kier molecular flexibility index (Phi) is 5.40. The third kappa shape index (κ3) is 4.11. The van der Waals surface area contributed by atoms with Gasteiger partial charge in [0.15, 0.2) is 0 Å². The smallest absolute Gasteiger partial charge is 0.222 e. The minimum atomic E-state index is 0.370. The Morgan fingerprint density at radius 3 is 2.76 bits per heavy atom. The van der Waals surface area contributed by atoms with Crippen molar-refractivity contribution < 1.29 is 4.79 Å². The van der Waals surface area contributed by atoms with Crippen molar-refractivity contribution in [1.29, 1.82) is 0 Å². The van der Waals surface area contributed by atoms with Crippen LogP contribution in [0.2, 0.25) is 0 Å². The normalized spacial score (nSPS) is 22.9. The molecule has 1 saturated carbocycles. The van der Waals surface area contributed by atoms with Crippen molar-refractivity contribution >= 4 is 5.91 Å². The molecule has 3 aliphatic rings. The fourth-order valence-electron chi connectivity index (χ4n) is 5.49. The highest BCUT2D eigenvalue weighted by molar-refractivity contribution is 5.77. The second kappa shape index (κ2) is 8.31. The number of fused-ring (bicyclic) bond motifs is 1. The maximum Gasteiger partial charge on any atom is 0.222 e. The second-order valence-electron chi connectivity index (χ2n) is 9.19. The molecule has 1 aromatic heterocycles. The van der Waals surface area contributed by atoms with Gasteiger partial charge in [-0.1, -0.05) is 43.2 Å². The highest BCUT2D eigenvalue weighted by atomic mass is 16.2. The summed E-state index contributed by atoms with van der Waals surface area (Å²) in [6.07, 6.45) is 7.94. The number of aromatic amines is 1. The number of rotatable bonds is 5. The van der Waals surface area contributed by atoms with Crippen molar-refractivity contribution in [2.45, 2.75) is 64.0 Å². The maximum atomic E-state index is 12.7. The van der Waals surface area contributed by atoms with Crippen LogP contribution in [-0.2, 0) is 24.3 Å². The molecule has 1 N–H and O–H groups in total. The van der Waals surface area contributed by atoms with E-state index in [1.54, 1.807) is 0 Å². The summed E-state index contributed by atoms with van der Waals surface area (Å²) in [4.78, 5) is 17.4. The topological polar surface area (TPSA) is 52.2 Å². The average Bonchev–Trinajstić information content (AvgIpc) is 3.49. The fraction of sp³-hybridized carbons (Fsp3) is 0.583. The number of likely N-dealkylation sites (tertiary alicyclic amines) is 1. The Labute approximate surface area is 173 Å². The largest absolute Gasteiger partial charge is 0.342 e. The minimum absolute atomic E-state index is 0.370. The number of aromatic nitrogens is 2. The molecule has 1 atom stereocenters. The number of carbonyl (C=O) groups excluding carboxylic acids is 1. The van der Waals surface area contributed by atoms with E-state index in [-0.39, 0.29) is 0 Å². The highest BCUT2D eigenvalue weighted by Crippen LogP contribution is 2.34. The fourth-order valence-corrected chi connectivity index (χ4v) is 5.49. The van der Waals surface area contributed by atoms with E-state index in [0.717, 1.165) is 52.0 Å². The van der Waals surface area contributed by atoms with Gasteiger partial charge in [-0.15, -0.1) is 0 Å². The lowest BCUT2D eigenvalue weighted by Crippen LogP contribution is -2.31. The molecule has 5 rings (SSSR count). The lowest BCUT2D eigenvalue weighted by molar-refractivity contribution is -0.131. The summed E-state index contributed by atoms with van der Waals surface area (Å²) in [6.45, 7) is 4.76. The first kappa shape index (κ1) is 18.9. The molecular formula is C24H32N4O. The van der Waals surface area contributed by atoms with Gasteiger partial charge in [0.25, 0.3) is 0 Å². The quantitative estimate of drug-likeness (QED) is 0.841. The molecule has 2 aromatic rings. The monoisotopic (exact) mass is 392 g/mol. The van der Waals surface area contributed by atoms with Crippen LogP contribution in [0.3, 0.4) is 0 Å². The van der Waals surface area contributed by atoms with E-state index in [9.17, 15) is 4.79 Å². The van der Waals surface area contributed by atoms with Gasteiger partial charge in [0, 0.05) is 62.7 Å². The predicted octanol–water partition coefficient (Wildman–Crippen LogP) is 3.86. The van der Waals surface area contributed by atoms with Crippen LogP contribution in [0.25, 0.3) is 0 Å². The van der Waals surface area contributed by atoms with E-state index in [1.165, 1.54) is 48.2 Å². The number of H-pyrrole nitrogens is 1. The molecule has 1 aliphatic carbocycles. The van der Waals surface area contributed by atoms with Gasteiger partial charge in [0.05, 0.1) is 5.69 Å². The van der Waals surface area contributed by atoms with Crippen LogP contribution >= 0.6 is 0 Å². The number of hydrogen-bond acceptors (Lipinski definition) is 3. The standard InChI is InChI=1S/C24H32N4O/c29-23(14-18-6-4-5-7-18)28-13-10-20(16-28)24-21-17-27(12-11-22(21)25-26-24)15-19-8-2-1-3-9-19/h1-3,8-9,18,20H,4-7,10-17H2,(H,25,26). The number of amides is 1. The zero-order chi connectivity index (χ0) is 19.6. The average molecular weight is 393 g/mol. The number of carbonyl (C=O) groups is 1. The van der Waals surface area contributed by atoms with Crippen molar-refractivity contribution in [3.8, 4) is 0 Å². The molecule has 1 aromatic carbocycles. The van der Waals surface area contributed by atoms with E-state index in [2.05, 4.69) is 45.2 Å². The van der Waals surface area contributed by atoms with Crippen LogP contribution in [-0.4, -0.2) is 45.5 Å². The summed E-state index contributed by atoms with van der Waals surface area (Å²) in [5.74, 6) is 1.39. The maximum absolute atomic E-state index is 12.7. The van der Waals surface area contributed by atoms with Crippen LogP contribution < -0.4 is 0 Å². The minimum Gasteiger partial charge on any atom is -0.342 e. The van der Waals surface area contributed by atoms with Crippen molar-refractivity contribution in [2.24, 2.45) is 5.92 Å². The molecule has 0 spiro atoms. The summed E-state index contributed by atoms with van der Waals surface area (Å²) in [6, 6.07) is 10.7. The summed E-state index contributed by atoms with van der Waals surface area (Å²) in [7, 11) is 0. The molecule has 29 heavy (non-hydrogen) atoms. The van der Waals surface area contributed by atoms with Gasteiger partial charge in [-0.25, -0.2) is 0 Å². The van der Waals surface area contributed by atoms with Gasteiger partial charge >= 0.3 is 0 Å². The highest BCUT2D eigenvalue weighted by Gasteiger charge is 2.33. The SMILES string of the molecule is O=C(CC1CCCC1)N1CCC(c2n[nH]c3c2CN(Cc2ccccc2)CC3)C1. The van der Waals surface area contributed by atoms with E-state index in [1.807, 2.05) is 0 Å². The number of nitrogens with zero attached hydrogens (tertiary/aromatic N) is 3. The van der Waals surface area contributed by atoms with Gasteiger partial charge in [-0.05, 0) is 30.7 Å². The van der Waals surface area contributed by atoms with E-state index < -0.39 is 0 Å². The van der Waals surface area contributed by atoms with Crippen LogP contribution in [0, 0.1) is 5.92 Å². The van der Waals surface area contributed by atoms with E-state index >= 15 is 0 Å². The van der Waals surface area contributed by atoms with Crippen molar-refractivity contribution in [1.82, 2.24) is 20.0 Å². The van der Waals surface area contributed by atoms with Crippen LogP contribution in [0.15, 0.2) is 30.3 Å². The Morgan fingerprint density at radius 1 is 1.10 bits per heavy atom. The predicted molar refractivity (Wildman–Crippen MR) is 113 cm³/mol. The van der Waals surface area contributed by atoms with E-state index in [0.29, 0.717) is 17.7 Å². The summed E-state index contributed by atoms with van der Waals surface area (Å²) < 4.78 is 0. The molecule has 1 unspecified atom stereocenters. The number of benzene rings is 1. The molecule has 5 heteroatoms. The summed E-state index contributed by atoms with van der Waals surface area (Å²) in [5, 5.41) is 8.04. The molecule has 5 nitrogen and oxygen atoms in total. The molecule has 154 valence electrons. The zero-order valence-corrected chi connectivity index (χ0v) is 17.3. The molecule has 1 saturated heterocycles. The van der Waals surface area contributed by atoms with Gasteiger partial charge in [-0.3, -0.25) is 14.8 Å². The second-order valence-corrected chi connectivity index (χ2v) is 9.19. The number of hydrogen-bond donors (Lipinski definition) is 1. The van der Waals surface area contributed by atoms with Crippen LogP contribution in [0.1, 0.15) is 67.0 Å². The molecule has 2 aliphatic heterocycles. The first-order valence-electron chi connectivity index (χ1n) is 11.4. The van der Waals surface area contributed by atoms with Gasteiger partial charge in [0.1, 0.15) is 0 Å².